The van der Waals surface area contributed by atoms with Crippen molar-refractivity contribution in [3.63, 3.8) is 0 Å². The predicted molar refractivity (Wildman–Crippen MR) is 51.1 cm³/mol. The molecule has 1 aliphatic rings. The molecule has 1 atom stereocenters. The highest BCUT2D eigenvalue weighted by Gasteiger charge is 2.24. The molecule has 0 aromatic carbocycles. The Balaban J connectivity index is 2.37. The van der Waals surface area contributed by atoms with Crippen LogP contribution in [-0.4, -0.2) is 34.6 Å². The molecule has 13 heavy (non-hydrogen) atoms. The average Bonchev–Trinajstić information content (AvgIpc) is 2.03. The smallest absolute Gasteiger partial charge is 0.332 e. The number of carbonyl (C=O) groups excluding carboxylic acids is 1. The zero-order chi connectivity index (χ0) is 9.84. The van der Waals surface area contributed by atoms with Crippen LogP contribution in [0.5, 0.6) is 0 Å². The van der Waals surface area contributed by atoms with E-state index in [-0.39, 0.29) is 10.5 Å². The number of halogens is 3. The number of nitrogens with zero attached hydrogens (tertiary/aromatic N) is 1. The maximum Gasteiger partial charge on any atom is 0.345 e. The van der Waals surface area contributed by atoms with Crippen molar-refractivity contribution in [1.82, 2.24) is 4.90 Å². The summed E-state index contributed by atoms with van der Waals surface area (Å²) in [5.41, 5.74) is 0. The Morgan fingerprint density at radius 1 is 1.62 bits per heavy atom. The van der Waals surface area contributed by atoms with Crippen LogP contribution in [0.15, 0.2) is 0 Å². The van der Waals surface area contributed by atoms with Crippen LogP contribution in [-0.2, 0) is 4.74 Å². The molecule has 6 heteroatoms. The molecule has 1 saturated heterocycles. The first kappa shape index (κ1) is 11.1. The van der Waals surface area contributed by atoms with Crippen molar-refractivity contribution < 1.29 is 18.3 Å². The number of alkyl halides is 2. The third-order valence-electron chi connectivity index (χ3n) is 1.92. The SMILES string of the molecule is O=C(I)N1CCCC(OC(F)F)C1. The molecule has 0 spiro atoms. The van der Waals surface area contributed by atoms with Crippen LogP contribution in [0.4, 0.5) is 13.6 Å². The number of piperidine rings is 1. The van der Waals surface area contributed by atoms with Crippen molar-refractivity contribution in [2.75, 3.05) is 13.1 Å². The minimum atomic E-state index is -2.74. The largest absolute Gasteiger partial charge is 0.345 e. The summed E-state index contributed by atoms with van der Waals surface area (Å²) in [7, 11) is 0. The van der Waals surface area contributed by atoms with E-state index in [4.69, 9.17) is 0 Å². The van der Waals surface area contributed by atoms with Gasteiger partial charge in [0, 0.05) is 35.7 Å². The number of hydrogen-bond acceptors (Lipinski definition) is 2. The van der Waals surface area contributed by atoms with Gasteiger partial charge in [0.2, 0.25) is 0 Å². The number of hydrogen-bond donors (Lipinski definition) is 0. The first-order valence-corrected chi connectivity index (χ1v) is 5.05. The fraction of sp³-hybridized carbons (Fsp3) is 0.857. The van der Waals surface area contributed by atoms with Gasteiger partial charge in [-0.3, -0.25) is 4.79 Å². The van der Waals surface area contributed by atoms with E-state index in [1.807, 2.05) is 0 Å². The lowest BCUT2D eigenvalue weighted by molar-refractivity contribution is -0.171. The molecule has 0 N–H and O–H groups in total. The Bertz CT molecular complexity index is 191. The van der Waals surface area contributed by atoms with E-state index in [9.17, 15) is 13.6 Å². The second-order valence-corrected chi connectivity index (χ2v) is 3.78. The van der Waals surface area contributed by atoms with Crippen LogP contribution < -0.4 is 0 Å². The van der Waals surface area contributed by atoms with Gasteiger partial charge in [0.1, 0.15) is 0 Å². The van der Waals surface area contributed by atoms with Crippen LogP contribution in [0.25, 0.3) is 0 Å². The van der Waals surface area contributed by atoms with Gasteiger partial charge in [-0.1, -0.05) is 0 Å². The zero-order valence-electron chi connectivity index (χ0n) is 6.88. The Labute approximate surface area is 88.6 Å². The predicted octanol–water partition coefficient (Wildman–Crippen LogP) is 2.25. The molecule has 3 nitrogen and oxygen atoms in total. The van der Waals surface area contributed by atoms with E-state index in [2.05, 4.69) is 4.74 Å². The average molecular weight is 305 g/mol. The van der Waals surface area contributed by atoms with Gasteiger partial charge in [0.25, 0.3) is 3.91 Å². The number of amides is 1. The topological polar surface area (TPSA) is 29.5 Å². The quantitative estimate of drug-likeness (QED) is 0.445. The van der Waals surface area contributed by atoms with Gasteiger partial charge in [-0.25, -0.2) is 0 Å². The summed E-state index contributed by atoms with van der Waals surface area (Å²) < 4.78 is 27.9. The fourth-order valence-electron chi connectivity index (χ4n) is 1.35. The fourth-order valence-corrected chi connectivity index (χ4v) is 1.79. The summed E-state index contributed by atoms with van der Waals surface area (Å²) in [6.45, 7) is -1.81. The van der Waals surface area contributed by atoms with Gasteiger partial charge < -0.3 is 9.64 Å². The summed E-state index contributed by atoms with van der Waals surface area (Å²) in [5, 5.41) is 0. The van der Waals surface area contributed by atoms with Crippen LogP contribution in [0.1, 0.15) is 12.8 Å². The van der Waals surface area contributed by atoms with E-state index >= 15 is 0 Å². The van der Waals surface area contributed by atoms with Crippen LogP contribution in [0.2, 0.25) is 0 Å². The molecule has 0 bridgehead atoms. The van der Waals surface area contributed by atoms with Crippen molar-refractivity contribution in [2.45, 2.75) is 25.6 Å². The molecule has 1 aliphatic heterocycles. The summed E-state index contributed by atoms with van der Waals surface area (Å²) in [6.07, 6.45) is 0.823. The molecular formula is C7H10F2INO2. The van der Waals surface area contributed by atoms with Crippen molar-refractivity contribution in [3.05, 3.63) is 0 Å². The second kappa shape index (κ2) is 5.04. The molecule has 1 unspecified atom stereocenters. The molecular weight excluding hydrogens is 295 g/mol. The number of likely N-dealkylation sites (tertiary alicyclic amines) is 1. The highest BCUT2D eigenvalue weighted by molar-refractivity contribution is 14.1. The summed E-state index contributed by atoms with van der Waals surface area (Å²) in [5.74, 6) is 0. The molecule has 0 aromatic rings. The van der Waals surface area contributed by atoms with E-state index in [1.54, 1.807) is 22.6 Å². The molecule has 1 heterocycles. The van der Waals surface area contributed by atoms with E-state index in [0.717, 1.165) is 6.42 Å². The maximum atomic E-state index is 11.8. The molecule has 1 fully saturated rings. The van der Waals surface area contributed by atoms with Gasteiger partial charge in [0.15, 0.2) is 0 Å². The highest BCUT2D eigenvalue weighted by atomic mass is 127. The molecule has 0 aliphatic carbocycles. The van der Waals surface area contributed by atoms with Gasteiger partial charge in [-0.05, 0) is 12.8 Å². The lowest BCUT2D eigenvalue weighted by Gasteiger charge is -2.30. The summed E-state index contributed by atoms with van der Waals surface area (Å²) in [6, 6.07) is 0. The number of rotatable bonds is 2. The van der Waals surface area contributed by atoms with E-state index in [1.165, 1.54) is 4.90 Å². The second-order valence-electron chi connectivity index (χ2n) is 2.86. The molecule has 1 rings (SSSR count). The standard InChI is InChI=1S/C7H10F2INO2/c8-6(9)13-5-2-1-3-11(4-5)7(10)12/h5-6H,1-4H2. The monoisotopic (exact) mass is 305 g/mol. The van der Waals surface area contributed by atoms with Crippen LogP contribution >= 0.6 is 22.6 Å². The summed E-state index contributed by atoms with van der Waals surface area (Å²) >= 11 is 1.65. The number of carbonyl (C=O) groups is 1. The van der Waals surface area contributed by atoms with Gasteiger partial charge in [-0.15, -0.1) is 0 Å². The first-order chi connectivity index (χ1) is 6.09. The maximum absolute atomic E-state index is 11.8. The Morgan fingerprint density at radius 3 is 2.85 bits per heavy atom. The highest BCUT2D eigenvalue weighted by Crippen LogP contribution is 2.17. The molecule has 1 amide bonds. The third-order valence-corrected chi connectivity index (χ3v) is 2.60. The van der Waals surface area contributed by atoms with E-state index in [0.29, 0.717) is 13.0 Å². The lowest BCUT2D eigenvalue weighted by atomic mass is 10.1. The van der Waals surface area contributed by atoms with Gasteiger partial charge in [0.05, 0.1) is 6.10 Å². The van der Waals surface area contributed by atoms with E-state index < -0.39 is 12.7 Å². The van der Waals surface area contributed by atoms with Gasteiger partial charge in [-0.2, -0.15) is 8.78 Å². The number of ether oxygens (including phenoxy) is 1. The third kappa shape index (κ3) is 3.72. The minimum absolute atomic E-state index is 0.111. The lowest BCUT2D eigenvalue weighted by Crippen LogP contribution is -2.41. The molecule has 0 aromatic heterocycles. The minimum Gasteiger partial charge on any atom is -0.332 e. The zero-order valence-corrected chi connectivity index (χ0v) is 9.04. The Hall–Kier alpha value is 0.0200. The van der Waals surface area contributed by atoms with Crippen LogP contribution in [0.3, 0.4) is 0 Å². The van der Waals surface area contributed by atoms with Crippen molar-refractivity contribution in [1.29, 1.82) is 0 Å². The van der Waals surface area contributed by atoms with Crippen molar-refractivity contribution in [3.8, 4) is 0 Å². The molecule has 76 valence electrons. The summed E-state index contributed by atoms with van der Waals surface area (Å²) in [4.78, 5) is 12.4. The van der Waals surface area contributed by atoms with Gasteiger partial charge >= 0.3 is 6.61 Å². The Kier molecular flexibility index (Phi) is 4.30. The molecule has 0 radical (unpaired) electrons. The van der Waals surface area contributed by atoms with Crippen molar-refractivity contribution in [2.24, 2.45) is 0 Å². The normalized spacial score (nSPS) is 23.7. The van der Waals surface area contributed by atoms with Crippen molar-refractivity contribution >= 4 is 26.5 Å². The Morgan fingerprint density at radius 2 is 2.31 bits per heavy atom. The molecule has 0 saturated carbocycles. The van der Waals surface area contributed by atoms with Crippen LogP contribution in [0, 0.1) is 0 Å². The first-order valence-electron chi connectivity index (χ1n) is 3.97.